The van der Waals surface area contributed by atoms with Gasteiger partial charge in [0, 0.05) is 17.3 Å². The highest BCUT2D eigenvalue weighted by Crippen LogP contribution is 2.39. The molecule has 8 heteroatoms. The number of hydrogen-bond donors (Lipinski definition) is 1. The van der Waals surface area contributed by atoms with E-state index < -0.39 is 29.2 Å². The van der Waals surface area contributed by atoms with Crippen LogP contribution in [0.4, 0.5) is 23.7 Å². The molecule has 0 saturated carbocycles. The second-order valence-electron chi connectivity index (χ2n) is 5.12. The van der Waals surface area contributed by atoms with E-state index in [0.717, 1.165) is 17.7 Å². The number of thioether (sulfide) groups is 1. The third kappa shape index (κ3) is 3.32. The fraction of sp³-hybridized carbons (Fsp3) is 0.188. The molecule has 0 aromatic heterocycles. The molecule has 3 nitrogen and oxygen atoms in total. The van der Waals surface area contributed by atoms with Gasteiger partial charge in [-0.2, -0.15) is 0 Å². The lowest BCUT2D eigenvalue weighted by atomic mass is 10.2. The Bertz CT molecular complexity index is 790. The summed E-state index contributed by atoms with van der Waals surface area (Å²) in [5.41, 5.74) is 0.437. The molecule has 1 heterocycles. The van der Waals surface area contributed by atoms with Crippen molar-refractivity contribution in [2.24, 2.45) is 0 Å². The highest BCUT2D eigenvalue weighted by Gasteiger charge is 2.31. The number of urea groups is 1. The first-order chi connectivity index (χ1) is 11.5. The fourth-order valence-electron chi connectivity index (χ4n) is 2.42. The second-order valence-corrected chi connectivity index (χ2v) is 6.75. The molecule has 1 atom stereocenters. The average molecular weight is 373 g/mol. The summed E-state index contributed by atoms with van der Waals surface area (Å²) in [6.45, 7) is 0.443. The highest BCUT2D eigenvalue weighted by atomic mass is 35.5. The van der Waals surface area contributed by atoms with Gasteiger partial charge in [0.2, 0.25) is 0 Å². The van der Waals surface area contributed by atoms with Gasteiger partial charge in [-0.25, -0.2) is 18.0 Å². The fourth-order valence-corrected chi connectivity index (χ4v) is 3.87. The summed E-state index contributed by atoms with van der Waals surface area (Å²) < 4.78 is 39.9. The number of carbonyl (C=O) groups is 1. The summed E-state index contributed by atoms with van der Waals surface area (Å²) in [5, 5.41) is 2.56. The number of carbonyl (C=O) groups excluding carboxylic acids is 1. The van der Waals surface area contributed by atoms with E-state index in [1.165, 1.54) is 16.7 Å². The first kappa shape index (κ1) is 17.0. The smallest absolute Gasteiger partial charge is 0.308 e. The van der Waals surface area contributed by atoms with Crippen LogP contribution in [0.25, 0.3) is 0 Å². The molecule has 2 amide bonds. The lowest BCUT2D eigenvalue weighted by molar-refractivity contribution is 0.214. The molecule has 1 aliphatic heterocycles. The van der Waals surface area contributed by atoms with Crippen molar-refractivity contribution in [3.05, 3.63) is 64.4 Å². The number of amides is 2. The van der Waals surface area contributed by atoms with Crippen LogP contribution in [0.15, 0.2) is 36.4 Å². The Morgan fingerprint density at radius 2 is 2.00 bits per heavy atom. The van der Waals surface area contributed by atoms with E-state index in [9.17, 15) is 18.0 Å². The van der Waals surface area contributed by atoms with Crippen molar-refractivity contribution >= 4 is 35.1 Å². The van der Waals surface area contributed by atoms with Gasteiger partial charge in [0.05, 0.1) is 5.69 Å². The molecule has 3 rings (SSSR count). The molecule has 1 fully saturated rings. The number of halogens is 4. The van der Waals surface area contributed by atoms with Crippen LogP contribution in [0.3, 0.4) is 0 Å². The number of nitrogens with one attached hydrogen (secondary N) is 1. The minimum Gasteiger partial charge on any atom is -0.308 e. The van der Waals surface area contributed by atoms with Gasteiger partial charge in [0.1, 0.15) is 5.37 Å². The van der Waals surface area contributed by atoms with Crippen molar-refractivity contribution < 1.29 is 18.0 Å². The van der Waals surface area contributed by atoms with Crippen molar-refractivity contribution in [1.82, 2.24) is 4.90 Å². The SMILES string of the molecule is O=C(Nc1ccc(F)c(F)c1F)N1CCSC1c1cccc(Cl)c1. The Balaban J connectivity index is 1.80. The van der Waals surface area contributed by atoms with E-state index in [0.29, 0.717) is 17.3 Å². The molecule has 1 saturated heterocycles. The molecule has 2 aromatic rings. The van der Waals surface area contributed by atoms with Gasteiger partial charge in [0.25, 0.3) is 0 Å². The third-order valence-electron chi connectivity index (χ3n) is 3.56. The second kappa shape index (κ2) is 6.94. The average Bonchev–Trinajstić information content (AvgIpc) is 3.05. The zero-order valence-corrected chi connectivity index (χ0v) is 13.8. The zero-order chi connectivity index (χ0) is 17.3. The maximum absolute atomic E-state index is 13.7. The van der Waals surface area contributed by atoms with Crippen LogP contribution < -0.4 is 5.32 Å². The predicted molar refractivity (Wildman–Crippen MR) is 88.7 cm³/mol. The Labute approximate surface area is 145 Å². The third-order valence-corrected chi connectivity index (χ3v) is 5.06. The summed E-state index contributed by atoms with van der Waals surface area (Å²) in [4.78, 5) is 13.9. The molecule has 0 radical (unpaired) electrons. The van der Waals surface area contributed by atoms with Crippen LogP contribution in [0.5, 0.6) is 0 Å². The number of benzene rings is 2. The van der Waals surface area contributed by atoms with E-state index in [1.54, 1.807) is 18.2 Å². The number of nitrogens with zero attached hydrogens (tertiary/aromatic N) is 1. The minimum absolute atomic E-state index is 0.281. The summed E-state index contributed by atoms with van der Waals surface area (Å²) in [6, 6.07) is 8.27. The van der Waals surface area contributed by atoms with Crippen LogP contribution in [-0.4, -0.2) is 23.2 Å². The monoisotopic (exact) mass is 372 g/mol. The number of hydrogen-bond acceptors (Lipinski definition) is 2. The van der Waals surface area contributed by atoms with Gasteiger partial charge in [-0.05, 0) is 29.8 Å². The van der Waals surface area contributed by atoms with Crippen molar-refractivity contribution in [1.29, 1.82) is 0 Å². The lowest BCUT2D eigenvalue weighted by Crippen LogP contribution is -2.34. The van der Waals surface area contributed by atoms with Gasteiger partial charge in [-0.15, -0.1) is 11.8 Å². The molecule has 0 bridgehead atoms. The molecular weight excluding hydrogens is 361 g/mol. The molecule has 1 aliphatic rings. The van der Waals surface area contributed by atoms with Crippen LogP contribution in [0.1, 0.15) is 10.9 Å². The quantitative estimate of drug-likeness (QED) is 0.749. The molecule has 1 unspecified atom stereocenters. The van der Waals surface area contributed by atoms with Crippen molar-refractivity contribution in [3.63, 3.8) is 0 Å². The summed E-state index contributed by atoms with van der Waals surface area (Å²) in [5.74, 6) is -3.64. The van der Waals surface area contributed by atoms with Crippen molar-refractivity contribution in [2.75, 3.05) is 17.6 Å². The maximum Gasteiger partial charge on any atom is 0.323 e. The Hall–Kier alpha value is -1.86. The summed E-state index contributed by atoms with van der Waals surface area (Å²) in [6.07, 6.45) is 0. The molecule has 1 N–H and O–H groups in total. The Kier molecular flexibility index (Phi) is 4.91. The van der Waals surface area contributed by atoms with E-state index in [-0.39, 0.29) is 5.37 Å². The van der Waals surface area contributed by atoms with Crippen molar-refractivity contribution in [2.45, 2.75) is 5.37 Å². The normalized spacial score (nSPS) is 17.2. The topological polar surface area (TPSA) is 32.3 Å². The zero-order valence-electron chi connectivity index (χ0n) is 12.2. The first-order valence-electron chi connectivity index (χ1n) is 7.05. The number of anilines is 1. The number of rotatable bonds is 2. The Morgan fingerprint density at radius 3 is 2.75 bits per heavy atom. The largest absolute Gasteiger partial charge is 0.323 e. The van der Waals surface area contributed by atoms with Crippen molar-refractivity contribution in [3.8, 4) is 0 Å². The van der Waals surface area contributed by atoms with E-state index in [4.69, 9.17) is 11.6 Å². The van der Waals surface area contributed by atoms with E-state index in [1.807, 2.05) is 6.07 Å². The van der Waals surface area contributed by atoms with Crippen LogP contribution in [-0.2, 0) is 0 Å². The highest BCUT2D eigenvalue weighted by molar-refractivity contribution is 7.99. The maximum atomic E-state index is 13.7. The molecule has 24 heavy (non-hydrogen) atoms. The molecule has 2 aromatic carbocycles. The molecule has 126 valence electrons. The van der Waals surface area contributed by atoms with E-state index in [2.05, 4.69) is 5.32 Å². The summed E-state index contributed by atoms with van der Waals surface area (Å²) >= 11 is 7.52. The molecule has 0 spiro atoms. The molecular formula is C16H12ClF3N2OS. The van der Waals surface area contributed by atoms with Crippen LogP contribution >= 0.6 is 23.4 Å². The first-order valence-corrected chi connectivity index (χ1v) is 8.48. The van der Waals surface area contributed by atoms with Crippen LogP contribution in [0.2, 0.25) is 5.02 Å². The van der Waals surface area contributed by atoms with Gasteiger partial charge in [-0.1, -0.05) is 23.7 Å². The summed E-state index contributed by atoms with van der Waals surface area (Å²) in [7, 11) is 0. The standard InChI is InChI=1S/C16H12ClF3N2OS/c17-10-3-1-2-9(8-10)15-22(6-7-24-15)16(23)21-12-5-4-11(18)13(19)14(12)20/h1-5,8,15H,6-7H2,(H,21,23). The predicted octanol–water partition coefficient (Wildman–Crippen LogP) is 5.04. The van der Waals surface area contributed by atoms with Crippen LogP contribution in [0, 0.1) is 17.5 Å². The van der Waals surface area contributed by atoms with E-state index >= 15 is 0 Å². The van der Waals surface area contributed by atoms with Gasteiger partial charge < -0.3 is 10.2 Å². The lowest BCUT2D eigenvalue weighted by Gasteiger charge is -2.24. The van der Waals surface area contributed by atoms with Gasteiger partial charge in [0.15, 0.2) is 17.5 Å². The molecule has 0 aliphatic carbocycles. The van der Waals surface area contributed by atoms with Gasteiger partial charge in [-0.3, -0.25) is 0 Å². The minimum atomic E-state index is -1.62. The van der Waals surface area contributed by atoms with Gasteiger partial charge >= 0.3 is 6.03 Å². The Morgan fingerprint density at radius 1 is 1.21 bits per heavy atom.